The van der Waals surface area contributed by atoms with Crippen LogP contribution in [0.15, 0.2) is 48.5 Å². The molecule has 75 valence electrons. The van der Waals surface area contributed by atoms with Crippen LogP contribution in [0.5, 0.6) is 0 Å². The van der Waals surface area contributed by atoms with Crippen LogP contribution in [0, 0.1) is 43.2 Å². The molecular formula is C14H8UV-2. The summed E-state index contributed by atoms with van der Waals surface area (Å²) in [5, 5.41) is 4.76. The molecule has 0 unspecified atom stereocenters. The molecule has 0 saturated carbocycles. The van der Waals surface area contributed by atoms with Crippen molar-refractivity contribution in [3.8, 4) is 0 Å². The van der Waals surface area contributed by atoms with Crippen molar-refractivity contribution in [3.05, 3.63) is 60.7 Å². The molecule has 0 spiro atoms. The zero-order chi connectivity index (χ0) is 9.38. The molecule has 0 amide bonds. The molecule has 3 aromatic rings. The van der Waals surface area contributed by atoms with E-state index >= 15 is 0 Å². The second-order valence-corrected chi connectivity index (χ2v) is 3.33. The van der Waals surface area contributed by atoms with Crippen LogP contribution in [0.4, 0.5) is 0 Å². The van der Waals surface area contributed by atoms with Crippen molar-refractivity contribution in [2.75, 3.05) is 0 Å². The molecule has 0 bridgehead atoms. The van der Waals surface area contributed by atoms with Crippen LogP contribution in [0.25, 0.3) is 21.5 Å². The molecule has 16 heavy (non-hydrogen) atoms. The molecule has 0 aliphatic rings. The molecular weight excluding hydrogens is 457 g/mol. The van der Waals surface area contributed by atoms with Gasteiger partial charge in [0.2, 0.25) is 0 Å². The molecule has 2 heteroatoms. The Morgan fingerprint density at radius 3 is 1.56 bits per heavy atom. The van der Waals surface area contributed by atoms with E-state index in [1.807, 2.05) is 24.3 Å². The molecule has 3 aromatic carbocycles. The van der Waals surface area contributed by atoms with E-state index in [1.54, 1.807) is 0 Å². The number of rotatable bonds is 0. The van der Waals surface area contributed by atoms with Gasteiger partial charge in [-0.05, 0) is 0 Å². The molecule has 0 N–H and O–H groups in total. The second-order valence-electron chi connectivity index (χ2n) is 3.33. The molecule has 0 aliphatic carbocycles. The third-order valence-electron chi connectivity index (χ3n) is 2.47. The van der Waals surface area contributed by atoms with Crippen LogP contribution >= 0.6 is 0 Å². The molecule has 0 aliphatic heterocycles. The minimum absolute atomic E-state index is 0. The second kappa shape index (κ2) is 5.94. The Labute approximate surface area is 131 Å². The van der Waals surface area contributed by atoms with E-state index in [-0.39, 0.29) is 49.7 Å². The summed E-state index contributed by atoms with van der Waals surface area (Å²) >= 11 is 0. The molecule has 0 fully saturated rings. The maximum atomic E-state index is 3.26. The topological polar surface area (TPSA) is 0 Å². The first kappa shape index (κ1) is 13.9. The first-order chi connectivity index (χ1) is 6.95. The molecule has 1 radical (unpaired) electrons. The number of hydrogen-bond acceptors (Lipinski definition) is 0. The zero-order valence-corrected chi connectivity index (χ0v) is 14.1. The fourth-order valence-corrected chi connectivity index (χ4v) is 1.79. The van der Waals surface area contributed by atoms with Gasteiger partial charge in [0, 0.05) is 49.7 Å². The van der Waals surface area contributed by atoms with E-state index in [4.69, 9.17) is 0 Å². The standard InChI is InChI=1S/C14H8.U.V/c1-3-7-13-11(5-1)9-10-12-6-2-4-8-14(12)13;;/h1-6,9-10H;;/q-2;;. The van der Waals surface area contributed by atoms with Crippen LogP contribution < -0.4 is 0 Å². The summed E-state index contributed by atoms with van der Waals surface area (Å²) in [5.74, 6) is 0. The fraction of sp³-hybridized carbons (Fsp3) is 0. The summed E-state index contributed by atoms with van der Waals surface area (Å²) in [6.45, 7) is 0. The van der Waals surface area contributed by atoms with Gasteiger partial charge in [-0.15, -0.1) is 36.4 Å². The third kappa shape index (κ3) is 2.39. The molecule has 0 aromatic heterocycles. The SMILES string of the molecule is [U].[V].[c-]1cccc2ccc3ccc[c-]c3c12. The molecule has 0 heterocycles. The van der Waals surface area contributed by atoms with Crippen LogP contribution in [0.2, 0.25) is 0 Å². The molecule has 0 atom stereocenters. The van der Waals surface area contributed by atoms with Gasteiger partial charge in [0.15, 0.2) is 0 Å². The first-order valence-electron chi connectivity index (χ1n) is 4.65. The van der Waals surface area contributed by atoms with Crippen molar-refractivity contribution in [2.24, 2.45) is 0 Å². The average Bonchev–Trinajstić information content (AvgIpc) is 2.29. The zero-order valence-electron chi connectivity index (χ0n) is 8.57. The van der Waals surface area contributed by atoms with Crippen LogP contribution in [-0.2, 0) is 18.6 Å². The fourth-order valence-electron chi connectivity index (χ4n) is 1.79. The summed E-state index contributed by atoms with van der Waals surface area (Å²) in [6.07, 6.45) is 0. The smallest absolute Gasteiger partial charge is 0 e. The van der Waals surface area contributed by atoms with Gasteiger partial charge in [-0.1, -0.05) is 0 Å². The van der Waals surface area contributed by atoms with E-state index < -0.39 is 0 Å². The Kier molecular flexibility index (Phi) is 5.15. The Morgan fingerprint density at radius 1 is 0.688 bits per heavy atom. The van der Waals surface area contributed by atoms with Crippen molar-refractivity contribution in [3.63, 3.8) is 0 Å². The van der Waals surface area contributed by atoms with Gasteiger partial charge in [-0.2, -0.15) is 35.0 Å². The van der Waals surface area contributed by atoms with Crippen LogP contribution in [0.3, 0.4) is 0 Å². The normalized spacial score (nSPS) is 9.50. The van der Waals surface area contributed by atoms with Gasteiger partial charge in [-0.3, -0.25) is 0 Å². The number of benzene rings is 3. The Hall–Kier alpha value is -0.184. The summed E-state index contributed by atoms with van der Waals surface area (Å²) in [4.78, 5) is 0. The van der Waals surface area contributed by atoms with E-state index in [9.17, 15) is 0 Å². The van der Waals surface area contributed by atoms with Gasteiger partial charge < -0.3 is 0 Å². The van der Waals surface area contributed by atoms with Gasteiger partial charge >= 0.3 is 0 Å². The van der Waals surface area contributed by atoms with Gasteiger partial charge in [0.05, 0.1) is 0 Å². The Bertz CT molecular complexity index is 550. The largest absolute Gasteiger partial charge is 0.219 e. The van der Waals surface area contributed by atoms with E-state index in [2.05, 4.69) is 36.4 Å². The maximum Gasteiger partial charge on any atom is 0 e. The van der Waals surface area contributed by atoms with Gasteiger partial charge in [0.25, 0.3) is 0 Å². The van der Waals surface area contributed by atoms with Crippen LogP contribution in [-0.4, -0.2) is 0 Å². The maximum absolute atomic E-state index is 3.26. The number of fused-ring (bicyclic) bond motifs is 3. The van der Waals surface area contributed by atoms with E-state index in [1.165, 1.54) is 10.8 Å². The summed E-state index contributed by atoms with van der Waals surface area (Å²) in [6, 6.07) is 22.9. The molecule has 0 saturated heterocycles. The third-order valence-corrected chi connectivity index (χ3v) is 2.47. The van der Waals surface area contributed by atoms with Crippen LogP contribution in [0.1, 0.15) is 0 Å². The van der Waals surface area contributed by atoms with Crippen molar-refractivity contribution in [1.29, 1.82) is 0 Å². The predicted octanol–water partition coefficient (Wildman–Crippen LogP) is 3.59. The quantitative estimate of drug-likeness (QED) is 0.352. The summed E-state index contributed by atoms with van der Waals surface area (Å²) in [5.41, 5.74) is 0. The first-order valence-corrected chi connectivity index (χ1v) is 4.65. The van der Waals surface area contributed by atoms with E-state index in [0.29, 0.717) is 0 Å². The van der Waals surface area contributed by atoms with Gasteiger partial charge in [-0.25, -0.2) is 10.8 Å². The molecule has 3 rings (SSSR count). The summed E-state index contributed by atoms with van der Waals surface area (Å²) in [7, 11) is 0. The van der Waals surface area contributed by atoms with Crippen molar-refractivity contribution < 1.29 is 49.7 Å². The minimum Gasteiger partial charge on any atom is -0.219 e. The van der Waals surface area contributed by atoms with Gasteiger partial charge in [0.1, 0.15) is 0 Å². The van der Waals surface area contributed by atoms with Crippen molar-refractivity contribution in [1.82, 2.24) is 0 Å². The number of hydrogen-bond donors (Lipinski definition) is 0. The monoisotopic (exact) mass is 465 g/mol. The average molecular weight is 465 g/mol. The van der Waals surface area contributed by atoms with E-state index in [0.717, 1.165) is 10.8 Å². The Morgan fingerprint density at radius 2 is 1.12 bits per heavy atom. The molecule has 0 nitrogen and oxygen atoms in total. The Balaban J connectivity index is 0.000000640. The predicted molar refractivity (Wildman–Crippen MR) is 59.1 cm³/mol. The van der Waals surface area contributed by atoms with Crippen molar-refractivity contribution in [2.45, 2.75) is 0 Å². The van der Waals surface area contributed by atoms with Crippen molar-refractivity contribution >= 4 is 21.5 Å². The summed E-state index contributed by atoms with van der Waals surface area (Å²) < 4.78 is 0. The minimum atomic E-state index is 0.